The molecule has 0 atom stereocenters. The van der Waals surface area contributed by atoms with E-state index >= 15 is 0 Å². The van der Waals surface area contributed by atoms with Crippen LogP contribution >= 0.6 is 0 Å². The highest BCUT2D eigenvalue weighted by molar-refractivity contribution is 5.92. The topological polar surface area (TPSA) is 114 Å². The van der Waals surface area contributed by atoms with Gasteiger partial charge in [-0.25, -0.2) is 4.98 Å². The Hall–Kier alpha value is -3.31. The average Bonchev–Trinajstić information content (AvgIpc) is 2.82. The fourth-order valence-electron chi connectivity index (χ4n) is 3.15. The molecule has 1 amide bonds. The predicted molar refractivity (Wildman–Crippen MR) is 116 cm³/mol. The van der Waals surface area contributed by atoms with Crippen LogP contribution in [0.5, 0.6) is 23.1 Å². The van der Waals surface area contributed by atoms with Gasteiger partial charge in [-0.2, -0.15) is 4.98 Å². The van der Waals surface area contributed by atoms with E-state index in [9.17, 15) is 4.79 Å². The van der Waals surface area contributed by atoms with E-state index in [-0.39, 0.29) is 18.4 Å². The van der Waals surface area contributed by atoms with Crippen molar-refractivity contribution < 1.29 is 33.2 Å². The first kappa shape index (κ1) is 23.4. The van der Waals surface area contributed by atoms with Gasteiger partial charge in [0.1, 0.15) is 0 Å². The second kappa shape index (κ2) is 11.3. The van der Waals surface area contributed by atoms with Gasteiger partial charge in [0.2, 0.25) is 17.6 Å². The normalized spacial score (nSPS) is 13.4. The Morgan fingerprint density at radius 2 is 1.72 bits per heavy atom. The van der Waals surface area contributed by atoms with Gasteiger partial charge in [-0.15, -0.1) is 0 Å². The maximum absolute atomic E-state index is 12.5. The maximum atomic E-state index is 12.5. The van der Waals surface area contributed by atoms with Crippen molar-refractivity contribution in [1.82, 2.24) is 9.97 Å². The van der Waals surface area contributed by atoms with Gasteiger partial charge >= 0.3 is 0 Å². The van der Waals surface area contributed by atoms with Crippen LogP contribution in [0.1, 0.15) is 5.69 Å². The molecule has 1 aliphatic heterocycles. The molecule has 11 heteroatoms. The van der Waals surface area contributed by atoms with Crippen LogP contribution in [0, 0.1) is 0 Å². The molecule has 1 aromatic heterocycles. The number of carbonyl (C=O) groups is 1. The molecule has 0 aliphatic carbocycles. The summed E-state index contributed by atoms with van der Waals surface area (Å²) in [6, 6.07) is 4.93. The maximum Gasteiger partial charge on any atom is 0.262 e. The molecular formula is C21H28N4O7. The molecule has 1 fully saturated rings. The summed E-state index contributed by atoms with van der Waals surface area (Å²) in [7, 11) is 6.11. The van der Waals surface area contributed by atoms with Crippen LogP contribution in [0.4, 0.5) is 11.6 Å². The third kappa shape index (κ3) is 5.89. The number of methoxy groups -OCH3 is 4. The van der Waals surface area contributed by atoms with Crippen molar-refractivity contribution >= 4 is 17.5 Å². The first-order valence-corrected chi connectivity index (χ1v) is 10.00. The van der Waals surface area contributed by atoms with Crippen molar-refractivity contribution in [1.29, 1.82) is 0 Å². The number of ether oxygens (including phenoxy) is 6. The van der Waals surface area contributed by atoms with Crippen LogP contribution < -0.4 is 29.2 Å². The highest BCUT2D eigenvalue weighted by Gasteiger charge is 2.18. The minimum absolute atomic E-state index is 0.247. The van der Waals surface area contributed by atoms with Gasteiger partial charge in [-0.1, -0.05) is 0 Å². The summed E-state index contributed by atoms with van der Waals surface area (Å²) in [5.41, 5.74) is 1.13. The first-order chi connectivity index (χ1) is 15.6. The number of aromatic nitrogens is 2. The van der Waals surface area contributed by atoms with E-state index < -0.39 is 0 Å². The summed E-state index contributed by atoms with van der Waals surface area (Å²) in [5.74, 6) is 1.72. The Kier molecular flexibility index (Phi) is 8.28. The number of rotatable bonds is 10. The van der Waals surface area contributed by atoms with E-state index in [0.717, 1.165) is 0 Å². The Morgan fingerprint density at radius 1 is 1.03 bits per heavy atom. The average molecular weight is 448 g/mol. The number of hydrogen-bond acceptors (Lipinski definition) is 10. The van der Waals surface area contributed by atoms with Crippen LogP contribution in [0.2, 0.25) is 0 Å². The second-order valence-electron chi connectivity index (χ2n) is 6.78. The van der Waals surface area contributed by atoms with Crippen molar-refractivity contribution in [2.75, 3.05) is 71.6 Å². The number of benzene rings is 1. The summed E-state index contributed by atoms with van der Waals surface area (Å²) in [5, 5.41) is 2.76. The molecule has 1 saturated heterocycles. The van der Waals surface area contributed by atoms with E-state index in [0.29, 0.717) is 67.5 Å². The van der Waals surface area contributed by atoms with Gasteiger partial charge < -0.3 is 38.6 Å². The van der Waals surface area contributed by atoms with E-state index in [2.05, 4.69) is 15.3 Å². The predicted octanol–water partition coefficient (Wildman–Crippen LogP) is 1.50. The number of hydrogen-bond donors (Lipinski definition) is 1. The third-order valence-electron chi connectivity index (χ3n) is 4.63. The zero-order valence-corrected chi connectivity index (χ0v) is 18.7. The van der Waals surface area contributed by atoms with Crippen LogP contribution in [-0.4, -0.2) is 77.2 Å². The Morgan fingerprint density at radius 3 is 2.31 bits per heavy atom. The summed E-state index contributed by atoms with van der Waals surface area (Å²) in [6.45, 7) is 2.61. The third-order valence-corrected chi connectivity index (χ3v) is 4.63. The molecule has 1 aromatic carbocycles. The van der Waals surface area contributed by atoms with Crippen LogP contribution in [0.25, 0.3) is 0 Å². The van der Waals surface area contributed by atoms with Crippen LogP contribution in [-0.2, 0) is 20.9 Å². The number of morpholine rings is 1. The highest BCUT2D eigenvalue weighted by atomic mass is 16.5. The van der Waals surface area contributed by atoms with Crippen molar-refractivity contribution in [3.8, 4) is 23.1 Å². The van der Waals surface area contributed by atoms with Crippen LogP contribution in [0.3, 0.4) is 0 Å². The Balaban J connectivity index is 1.69. The van der Waals surface area contributed by atoms with E-state index in [1.54, 1.807) is 25.3 Å². The van der Waals surface area contributed by atoms with Gasteiger partial charge in [0.05, 0.1) is 46.8 Å². The summed E-state index contributed by atoms with van der Waals surface area (Å²) in [6.07, 6.45) is 0. The molecule has 1 aliphatic rings. The van der Waals surface area contributed by atoms with E-state index in [1.165, 1.54) is 21.3 Å². The molecule has 11 nitrogen and oxygen atoms in total. The Bertz CT molecular complexity index is 894. The van der Waals surface area contributed by atoms with Gasteiger partial charge in [0, 0.05) is 44.1 Å². The van der Waals surface area contributed by atoms with E-state index in [1.807, 2.05) is 4.90 Å². The lowest BCUT2D eigenvalue weighted by Gasteiger charge is -2.27. The van der Waals surface area contributed by atoms with E-state index in [4.69, 9.17) is 28.4 Å². The monoisotopic (exact) mass is 448 g/mol. The fraction of sp³-hybridized carbons (Fsp3) is 0.476. The van der Waals surface area contributed by atoms with Crippen molar-refractivity contribution in [3.63, 3.8) is 0 Å². The first-order valence-electron chi connectivity index (χ1n) is 10.00. The standard InChI is InChI=1S/C21H28N4O7/c1-27-12-15-11-19(24-21(23-15)25-5-7-31-8-6-25)32-13-18(26)22-14-9-16(28-2)20(30-4)17(10-14)29-3/h9-11H,5-8,12-13H2,1-4H3,(H,22,26). The van der Waals surface area contributed by atoms with Crippen molar-refractivity contribution in [2.24, 2.45) is 0 Å². The van der Waals surface area contributed by atoms with Crippen molar-refractivity contribution in [2.45, 2.75) is 6.61 Å². The smallest absolute Gasteiger partial charge is 0.262 e. The quantitative estimate of drug-likeness (QED) is 0.574. The zero-order valence-electron chi connectivity index (χ0n) is 18.7. The number of carbonyl (C=O) groups excluding carboxylic acids is 1. The summed E-state index contributed by atoms with van der Waals surface area (Å²) in [4.78, 5) is 23.4. The largest absolute Gasteiger partial charge is 0.493 e. The summed E-state index contributed by atoms with van der Waals surface area (Å²) < 4.78 is 32.1. The molecule has 0 saturated carbocycles. The van der Waals surface area contributed by atoms with Gasteiger partial charge in [-0.05, 0) is 0 Å². The molecule has 32 heavy (non-hydrogen) atoms. The van der Waals surface area contributed by atoms with Crippen molar-refractivity contribution in [3.05, 3.63) is 23.9 Å². The molecule has 1 N–H and O–H groups in total. The lowest BCUT2D eigenvalue weighted by Crippen LogP contribution is -2.37. The minimum Gasteiger partial charge on any atom is -0.493 e. The zero-order chi connectivity index (χ0) is 22.9. The fourth-order valence-corrected chi connectivity index (χ4v) is 3.15. The highest BCUT2D eigenvalue weighted by Crippen LogP contribution is 2.39. The molecule has 3 rings (SSSR count). The molecule has 0 spiro atoms. The molecule has 0 unspecified atom stereocenters. The van der Waals surface area contributed by atoms with Crippen LogP contribution in [0.15, 0.2) is 18.2 Å². The minimum atomic E-state index is -0.376. The Labute approximate surface area is 186 Å². The molecule has 2 heterocycles. The summed E-state index contributed by atoms with van der Waals surface area (Å²) >= 11 is 0. The SMILES string of the molecule is COCc1cc(OCC(=O)Nc2cc(OC)c(OC)c(OC)c2)nc(N2CCOCC2)n1. The van der Waals surface area contributed by atoms with Gasteiger partial charge in [-0.3, -0.25) is 4.79 Å². The number of nitrogens with one attached hydrogen (secondary N) is 1. The number of anilines is 2. The number of amides is 1. The molecule has 0 bridgehead atoms. The lowest BCUT2D eigenvalue weighted by molar-refractivity contribution is -0.118. The van der Waals surface area contributed by atoms with Gasteiger partial charge in [0.15, 0.2) is 18.1 Å². The number of nitrogens with zero attached hydrogens (tertiary/aromatic N) is 3. The molecule has 0 radical (unpaired) electrons. The lowest BCUT2D eigenvalue weighted by atomic mass is 10.2. The molecule has 2 aromatic rings. The second-order valence-corrected chi connectivity index (χ2v) is 6.78. The van der Waals surface area contributed by atoms with Gasteiger partial charge in [0.25, 0.3) is 5.91 Å². The molecular weight excluding hydrogens is 420 g/mol. The molecule has 174 valence electrons.